The Kier molecular flexibility index (Phi) is 4.01. The monoisotopic (exact) mass is 377 g/mol. The van der Waals surface area contributed by atoms with Gasteiger partial charge < -0.3 is 15.0 Å². The summed E-state index contributed by atoms with van der Waals surface area (Å²) in [6.45, 7) is 0. The Labute approximate surface area is 160 Å². The van der Waals surface area contributed by atoms with E-state index in [-0.39, 0.29) is 0 Å². The Hall–Kier alpha value is -2.93. The molecule has 0 bridgehead atoms. The smallest absolute Gasteiger partial charge is 0.214 e. The average Bonchev–Trinajstić information content (AvgIpc) is 3.31. The van der Waals surface area contributed by atoms with E-state index in [1.807, 2.05) is 31.4 Å². The zero-order valence-electron chi connectivity index (χ0n) is 14.9. The van der Waals surface area contributed by atoms with Crippen molar-refractivity contribution in [3.05, 3.63) is 42.6 Å². The topological polar surface area (TPSA) is 75.7 Å². The zero-order valence-corrected chi connectivity index (χ0v) is 15.7. The Morgan fingerprint density at radius 3 is 2.89 bits per heavy atom. The van der Waals surface area contributed by atoms with Gasteiger partial charge in [0, 0.05) is 41.3 Å². The molecule has 27 heavy (non-hydrogen) atoms. The molecule has 5 rings (SSSR count). The highest BCUT2D eigenvalue weighted by molar-refractivity contribution is 7.18. The Morgan fingerprint density at radius 2 is 2.11 bits per heavy atom. The predicted octanol–water partition coefficient (Wildman–Crippen LogP) is 4.72. The molecule has 0 unspecified atom stereocenters. The van der Waals surface area contributed by atoms with Crippen molar-refractivity contribution in [1.82, 2.24) is 20.2 Å². The van der Waals surface area contributed by atoms with Crippen LogP contribution in [0, 0.1) is 0 Å². The number of nitrogens with zero attached hydrogens (tertiary/aromatic N) is 3. The highest BCUT2D eigenvalue weighted by Crippen LogP contribution is 2.34. The predicted molar refractivity (Wildman–Crippen MR) is 108 cm³/mol. The third kappa shape index (κ3) is 3.04. The van der Waals surface area contributed by atoms with Gasteiger partial charge in [0.15, 0.2) is 0 Å². The largest absolute Gasteiger partial charge is 0.474 e. The van der Waals surface area contributed by atoms with E-state index in [9.17, 15) is 0 Å². The van der Waals surface area contributed by atoms with Crippen molar-refractivity contribution in [3.8, 4) is 27.7 Å². The van der Waals surface area contributed by atoms with Crippen molar-refractivity contribution >= 4 is 27.4 Å². The van der Waals surface area contributed by atoms with Gasteiger partial charge in [0.05, 0.1) is 5.69 Å². The second-order valence-electron chi connectivity index (χ2n) is 6.66. The van der Waals surface area contributed by atoms with Crippen LogP contribution in [0.3, 0.4) is 0 Å². The van der Waals surface area contributed by atoms with E-state index >= 15 is 0 Å². The fraction of sp³-hybridized carbons (Fsp3) is 0.250. The number of benzene rings is 1. The molecule has 1 aliphatic rings. The van der Waals surface area contributed by atoms with Crippen molar-refractivity contribution < 1.29 is 4.74 Å². The van der Waals surface area contributed by atoms with Gasteiger partial charge in [-0.25, -0.2) is 4.98 Å². The van der Waals surface area contributed by atoms with Gasteiger partial charge >= 0.3 is 0 Å². The summed E-state index contributed by atoms with van der Waals surface area (Å²) >= 11 is 1.54. The molecule has 3 heterocycles. The highest BCUT2D eigenvalue weighted by Gasteiger charge is 2.20. The van der Waals surface area contributed by atoms with Crippen LogP contribution in [0.5, 0.6) is 5.88 Å². The van der Waals surface area contributed by atoms with E-state index in [1.54, 1.807) is 0 Å². The van der Waals surface area contributed by atoms with Crippen LogP contribution in [0.2, 0.25) is 0 Å². The molecule has 0 radical (unpaired) electrons. The van der Waals surface area contributed by atoms with Gasteiger partial charge in [0.1, 0.15) is 11.1 Å². The number of pyridine rings is 1. The van der Waals surface area contributed by atoms with Gasteiger partial charge in [-0.05, 0) is 43.5 Å². The summed E-state index contributed by atoms with van der Waals surface area (Å²) in [5.74, 6) is 0.700. The molecule has 2 N–H and O–H groups in total. The summed E-state index contributed by atoms with van der Waals surface area (Å²) < 4.78 is 5.96. The van der Waals surface area contributed by atoms with Crippen molar-refractivity contribution in [3.63, 3.8) is 0 Å². The molecule has 0 aliphatic heterocycles. The van der Waals surface area contributed by atoms with E-state index in [2.05, 4.69) is 38.7 Å². The first-order valence-corrected chi connectivity index (χ1v) is 9.88. The molecule has 0 amide bonds. The number of H-pyrrole nitrogens is 1. The summed E-state index contributed by atoms with van der Waals surface area (Å²) in [4.78, 5) is 8.07. The van der Waals surface area contributed by atoms with Crippen LogP contribution in [0.4, 0.5) is 5.13 Å². The molecule has 0 spiro atoms. The standard InChI is InChI=1S/C20H19N5OS/c1-21-20-25-24-19(27-20)12-8-9-16-14(10-12)15(11-22-16)17-6-3-7-18(23-17)26-13-4-2-5-13/h3,6-11,13,22H,2,4-5H2,1H3,(H,21,25). The second kappa shape index (κ2) is 6.66. The fourth-order valence-corrected chi connectivity index (χ4v) is 3.89. The van der Waals surface area contributed by atoms with Crippen molar-refractivity contribution in [2.75, 3.05) is 12.4 Å². The normalized spacial score (nSPS) is 14.3. The van der Waals surface area contributed by atoms with E-state index in [0.29, 0.717) is 12.0 Å². The summed E-state index contributed by atoms with van der Waals surface area (Å²) in [5.41, 5.74) is 4.08. The first-order chi connectivity index (χ1) is 13.3. The number of ether oxygens (including phenoxy) is 1. The van der Waals surface area contributed by atoms with Crippen LogP contribution in [0.15, 0.2) is 42.6 Å². The summed E-state index contributed by atoms with van der Waals surface area (Å²) in [7, 11) is 1.85. The molecule has 1 aromatic carbocycles. The van der Waals surface area contributed by atoms with E-state index in [0.717, 1.165) is 50.7 Å². The first kappa shape index (κ1) is 16.3. The Morgan fingerprint density at radius 1 is 1.19 bits per heavy atom. The van der Waals surface area contributed by atoms with Crippen molar-refractivity contribution in [2.24, 2.45) is 0 Å². The number of fused-ring (bicyclic) bond motifs is 1. The van der Waals surface area contributed by atoms with Crippen LogP contribution in [-0.4, -0.2) is 33.3 Å². The molecule has 136 valence electrons. The number of aromatic nitrogens is 4. The molecular formula is C20H19N5OS. The lowest BCUT2D eigenvalue weighted by molar-refractivity contribution is 0.115. The van der Waals surface area contributed by atoms with Crippen molar-refractivity contribution in [2.45, 2.75) is 25.4 Å². The summed E-state index contributed by atoms with van der Waals surface area (Å²) in [5, 5.41) is 14.3. The van der Waals surface area contributed by atoms with Gasteiger partial charge in [0.2, 0.25) is 11.0 Å². The fourth-order valence-electron chi connectivity index (χ4n) is 3.20. The summed E-state index contributed by atoms with van der Waals surface area (Å²) in [6.07, 6.45) is 5.82. The second-order valence-corrected chi connectivity index (χ2v) is 7.63. The van der Waals surface area contributed by atoms with E-state index < -0.39 is 0 Å². The van der Waals surface area contributed by atoms with Crippen LogP contribution in [0.1, 0.15) is 19.3 Å². The summed E-state index contributed by atoms with van der Waals surface area (Å²) in [6, 6.07) is 12.2. The number of hydrogen-bond donors (Lipinski definition) is 2. The number of rotatable bonds is 5. The number of aromatic amines is 1. The molecule has 7 heteroatoms. The van der Waals surface area contributed by atoms with Crippen LogP contribution < -0.4 is 10.1 Å². The molecule has 1 aliphatic carbocycles. The molecule has 0 atom stereocenters. The lowest BCUT2D eigenvalue weighted by Gasteiger charge is -2.25. The third-order valence-corrected chi connectivity index (χ3v) is 5.90. The number of anilines is 1. The third-order valence-electron chi connectivity index (χ3n) is 4.91. The molecule has 1 saturated carbocycles. The molecule has 0 saturated heterocycles. The van der Waals surface area contributed by atoms with E-state index in [4.69, 9.17) is 9.72 Å². The molecule has 6 nitrogen and oxygen atoms in total. The highest BCUT2D eigenvalue weighted by atomic mass is 32.1. The Bertz CT molecular complexity index is 1100. The molecule has 1 fully saturated rings. The molecule has 4 aromatic rings. The van der Waals surface area contributed by atoms with Crippen LogP contribution in [0.25, 0.3) is 32.7 Å². The molecule has 3 aromatic heterocycles. The number of nitrogens with one attached hydrogen (secondary N) is 2. The zero-order chi connectivity index (χ0) is 18.2. The lowest BCUT2D eigenvalue weighted by atomic mass is 9.96. The molecular weight excluding hydrogens is 358 g/mol. The van der Waals surface area contributed by atoms with Gasteiger partial charge in [-0.15, -0.1) is 10.2 Å². The number of hydrogen-bond acceptors (Lipinski definition) is 6. The van der Waals surface area contributed by atoms with Gasteiger partial charge in [-0.1, -0.05) is 17.4 Å². The average molecular weight is 377 g/mol. The maximum Gasteiger partial charge on any atom is 0.214 e. The minimum Gasteiger partial charge on any atom is -0.474 e. The lowest BCUT2D eigenvalue weighted by Crippen LogP contribution is -2.24. The quantitative estimate of drug-likeness (QED) is 0.526. The maximum atomic E-state index is 5.96. The first-order valence-electron chi connectivity index (χ1n) is 9.07. The van der Waals surface area contributed by atoms with Gasteiger partial charge in [0.25, 0.3) is 0 Å². The Balaban J connectivity index is 1.53. The van der Waals surface area contributed by atoms with E-state index in [1.165, 1.54) is 17.8 Å². The van der Waals surface area contributed by atoms with Crippen LogP contribution in [-0.2, 0) is 0 Å². The van der Waals surface area contributed by atoms with Crippen molar-refractivity contribution in [1.29, 1.82) is 0 Å². The van der Waals surface area contributed by atoms with Crippen LogP contribution >= 0.6 is 11.3 Å². The maximum absolute atomic E-state index is 5.96. The van der Waals surface area contributed by atoms with Gasteiger partial charge in [-0.2, -0.15) is 0 Å². The minimum absolute atomic E-state index is 0.320. The SMILES string of the molecule is CNc1nnc(-c2ccc3[nH]cc(-c4cccc(OC5CCC5)n4)c3c2)s1. The minimum atomic E-state index is 0.320. The van der Waals surface area contributed by atoms with Gasteiger partial charge in [-0.3, -0.25) is 0 Å².